The van der Waals surface area contributed by atoms with Crippen LogP contribution in [-0.2, 0) is 9.53 Å². The summed E-state index contributed by atoms with van der Waals surface area (Å²) >= 11 is 2.94. The van der Waals surface area contributed by atoms with E-state index in [0.29, 0.717) is 5.92 Å². The predicted octanol–water partition coefficient (Wildman–Crippen LogP) is 4.35. The summed E-state index contributed by atoms with van der Waals surface area (Å²) in [5, 5.41) is 8.75. The summed E-state index contributed by atoms with van der Waals surface area (Å²) in [6.07, 6.45) is 3.24. The summed E-state index contributed by atoms with van der Waals surface area (Å²) in [6, 6.07) is 3.88. The van der Waals surface area contributed by atoms with Crippen LogP contribution >= 0.6 is 22.7 Å². The first-order chi connectivity index (χ1) is 13.3. The number of amides is 1. The van der Waals surface area contributed by atoms with E-state index in [2.05, 4.69) is 36.3 Å². The third kappa shape index (κ3) is 3.18. The van der Waals surface area contributed by atoms with Crippen molar-refractivity contribution < 1.29 is 14.3 Å². The van der Waals surface area contributed by atoms with Crippen molar-refractivity contribution in [1.82, 2.24) is 10.4 Å². The Kier molecular flexibility index (Phi) is 4.87. The number of thiophene rings is 1. The van der Waals surface area contributed by atoms with Crippen LogP contribution in [0.4, 0.5) is 0 Å². The monoisotopic (exact) mass is 417 g/mol. The van der Waals surface area contributed by atoms with Crippen LogP contribution < -0.4 is 5.43 Å². The quantitative estimate of drug-likeness (QED) is 0.579. The van der Waals surface area contributed by atoms with E-state index in [-0.39, 0.29) is 23.1 Å². The Balaban J connectivity index is 1.31. The van der Waals surface area contributed by atoms with Gasteiger partial charge in [-0.05, 0) is 42.0 Å². The van der Waals surface area contributed by atoms with Crippen LogP contribution in [-0.4, -0.2) is 29.2 Å². The number of hydrazone groups is 1. The number of carbonyl (C=O) groups excluding carboxylic acids is 2. The first-order valence-corrected chi connectivity index (χ1v) is 11.1. The lowest BCUT2D eigenvalue weighted by Gasteiger charge is -2.34. The number of thiazole rings is 1. The molecule has 2 aliphatic rings. The molecule has 0 spiro atoms. The smallest absolute Gasteiger partial charge is 0.358 e. The van der Waals surface area contributed by atoms with E-state index < -0.39 is 11.9 Å². The lowest BCUT2D eigenvalue weighted by molar-refractivity contribution is -0.124. The molecule has 0 aromatic carbocycles. The molecule has 2 unspecified atom stereocenters. The van der Waals surface area contributed by atoms with Gasteiger partial charge in [0.2, 0.25) is 0 Å². The molecule has 148 valence electrons. The second-order valence-electron chi connectivity index (χ2n) is 8.18. The molecule has 2 aromatic heterocycles. The molecule has 2 atom stereocenters. The highest BCUT2D eigenvalue weighted by atomic mass is 32.1. The molecule has 2 saturated carbocycles. The average Bonchev–Trinajstić information content (AvgIpc) is 3.41. The minimum atomic E-state index is -0.602. The highest BCUT2D eigenvalue weighted by molar-refractivity contribution is 7.20. The fraction of sp³-hybridized carbons (Fsp3) is 0.500. The molecular weight excluding hydrogens is 394 g/mol. The molecule has 1 amide bonds. The average molecular weight is 418 g/mol. The minimum absolute atomic E-state index is 0.0282. The maximum Gasteiger partial charge on any atom is 0.358 e. The van der Waals surface area contributed by atoms with Crippen molar-refractivity contribution >= 4 is 40.3 Å². The Morgan fingerprint density at radius 1 is 1.36 bits per heavy atom. The van der Waals surface area contributed by atoms with Gasteiger partial charge in [-0.2, -0.15) is 5.10 Å². The number of fused-ring (bicyclic) bond motifs is 2. The number of nitrogens with zero attached hydrogens (tertiary/aromatic N) is 2. The van der Waals surface area contributed by atoms with E-state index in [1.54, 1.807) is 16.7 Å². The number of nitrogens with one attached hydrogen (secondary N) is 1. The van der Waals surface area contributed by atoms with Crippen LogP contribution in [0.1, 0.15) is 50.5 Å². The molecule has 6 nitrogen and oxygen atoms in total. The van der Waals surface area contributed by atoms with Gasteiger partial charge >= 0.3 is 5.97 Å². The lowest BCUT2D eigenvalue weighted by Crippen LogP contribution is -2.34. The highest BCUT2D eigenvalue weighted by Gasteiger charge is 2.60. The Bertz CT molecular complexity index is 932. The fourth-order valence-electron chi connectivity index (χ4n) is 4.35. The first-order valence-electron chi connectivity index (χ1n) is 9.33. The predicted molar refractivity (Wildman–Crippen MR) is 111 cm³/mol. The molecule has 2 aromatic rings. The van der Waals surface area contributed by atoms with Crippen LogP contribution in [0.5, 0.6) is 0 Å². The van der Waals surface area contributed by atoms with Gasteiger partial charge in [-0.1, -0.05) is 26.8 Å². The largest absolute Gasteiger partial charge is 0.451 e. The van der Waals surface area contributed by atoms with Gasteiger partial charge in [-0.15, -0.1) is 22.7 Å². The van der Waals surface area contributed by atoms with Crippen molar-refractivity contribution in [3.8, 4) is 9.88 Å². The van der Waals surface area contributed by atoms with E-state index in [4.69, 9.17) is 4.74 Å². The molecule has 2 heterocycles. The number of carbonyl (C=O) groups is 2. The summed E-state index contributed by atoms with van der Waals surface area (Å²) in [4.78, 5) is 29.5. The Morgan fingerprint density at radius 3 is 2.82 bits per heavy atom. The van der Waals surface area contributed by atoms with Gasteiger partial charge in [0.15, 0.2) is 12.3 Å². The molecule has 4 rings (SSSR count). The molecule has 0 radical (unpaired) electrons. The van der Waals surface area contributed by atoms with Crippen LogP contribution in [0.25, 0.3) is 9.88 Å². The Morgan fingerprint density at radius 2 is 2.18 bits per heavy atom. The van der Waals surface area contributed by atoms with Crippen LogP contribution in [0.3, 0.4) is 0 Å². The Labute approximate surface area is 172 Å². The van der Waals surface area contributed by atoms with E-state index in [1.165, 1.54) is 17.8 Å². The van der Waals surface area contributed by atoms with Gasteiger partial charge in [-0.25, -0.2) is 15.2 Å². The van der Waals surface area contributed by atoms with Gasteiger partial charge in [0, 0.05) is 16.5 Å². The highest BCUT2D eigenvalue weighted by Crippen LogP contribution is 2.63. The molecule has 0 saturated heterocycles. The molecule has 2 bridgehead atoms. The second kappa shape index (κ2) is 7.08. The molecule has 1 N–H and O–H groups in total. The molecule has 28 heavy (non-hydrogen) atoms. The summed E-state index contributed by atoms with van der Waals surface area (Å²) in [7, 11) is 0. The van der Waals surface area contributed by atoms with Crippen LogP contribution in [0, 0.1) is 16.7 Å². The van der Waals surface area contributed by atoms with Crippen molar-refractivity contribution in [2.24, 2.45) is 21.8 Å². The fourth-order valence-corrected chi connectivity index (χ4v) is 5.95. The number of hydrogen-bond donors (Lipinski definition) is 1. The van der Waals surface area contributed by atoms with Gasteiger partial charge in [0.1, 0.15) is 5.01 Å². The number of aromatic nitrogens is 1. The zero-order valence-corrected chi connectivity index (χ0v) is 17.8. The van der Waals surface area contributed by atoms with Crippen LogP contribution in [0.15, 0.2) is 28.0 Å². The summed E-state index contributed by atoms with van der Waals surface area (Å²) < 4.78 is 5.09. The van der Waals surface area contributed by atoms with E-state index in [1.807, 2.05) is 17.5 Å². The SMILES string of the molecule is CC12CCC(C/C1=N/NC(=O)COC(=O)c1csc(-c3cccs3)n1)C2(C)C. The van der Waals surface area contributed by atoms with Crippen molar-refractivity contribution in [2.75, 3.05) is 6.61 Å². The van der Waals surface area contributed by atoms with Crippen molar-refractivity contribution in [3.63, 3.8) is 0 Å². The lowest BCUT2D eigenvalue weighted by atomic mass is 9.70. The maximum atomic E-state index is 12.1. The number of ether oxygens (including phenoxy) is 1. The van der Waals surface area contributed by atoms with Crippen LogP contribution in [0.2, 0.25) is 0 Å². The zero-order valence-electron chi connectivity index (χ0n) is 16.2. The summed E-state index contributed by atoms with van der Waals surface area (Å²) in [5.74, 6) is -0.415. The zero-order chi connectivity index (χ0) is 19.9. The number of hydrogen-bond acceptors (Lipinski definition) is 7. The Hall–Kier alpha value is -2.06. The first kappa shape index (κ1) is 19.3. The van der Waals surface area contributed by atoms with E-state index >= 15 is 0 Å². The normalized spacial score (nSPS) is 26.5. The molecular formula is C20H23N3O3S2. The third-order valence-corrected chi connectivity index (χ3v) is 8.49. The van der Waals surface area contributed by atoms with Gasteiger partial charge in [0.25, 0.3) is 5.91 Å². The number of esters is 1. The van der Waals surface area contributed by atoms with Gasteiger partial charge in [0.05, 0.1) is 4.88 Å². The molecule has 2 aliphatic carbocycles. The minimum Gasteiger partial charge on any atom is -0.451 e. The third-order valence-electron chi connectivity index (χ3n) is 6.61. The molecule has 8 heteroatoms. The van der Waals surface area contributed by atoms with Crippen molar-refractivity contribution in [3.05, 3.63) is 28.6 Å². The standard InChI is InChI=1S/C20H23N3O3S2/c1-19(2)12-6-7-20(19,3)15(9-12)22-23-16(24)10-26-18(25)13-11-28-17(21-13)14-5-4-8-27-14/h4-5,8,11-12H,6-7,9-10H2,1-3H3,(H,23,24)/b22-15-. The van der Waals surface area contributed by atoms with Crippen molar-refractivity contribution in [1.29, 1.82) is 0 Å². The van der Waals surface area contributed by atoms with Gasteiger partial charge in [-0.3, -0.25) is 4.79 Å². The molecule has 2 fully saturated rings. The van der Waals surface area contributed by atoms with Gasteiger partial charge < -0.3 is 4.74 Å². The number of rotatable bonds is 5. The summed E-state index contributed by atoms with van der Waals surface area (Å²) in [5.41, 5.74) is 4.06. The second-order valence-corrected chi connectivity index (χ2v) is 9.98. The van der Waals surface area contributed by atoms with E-state index in [0.717, 1.165) is 28.4 Å². The van der Waals surface area contributed by atoms with E-state index in [9.17, 15) is 9.59 Å². The van der Waals surface area contributed by atoms with Crippen molar-refractivity contribution in [2.45, 2.75) is 40.0 Å². The summed E-state index contributed by atoms with van der Waals surface area (Å²) in [6.45, 7) is 6.44. The topological polar surface area (TPSA) is 80.6 Å². The maximum absolute atomic E-state index is 12.1. The molecule has 0 aliphatic heterocycles.